The fourth-order valence-electron chi connectivity index (χ4n) is 3.15. The normalized spacial score (nSPS) is 10.6. The van der Waals surface area contributed by atoms with Gasteiger partial charge in [-0.2, -0.15) is 5.10 Å². The molecule has 0 N–H and O–H groups in total. The number of nitrogens with zero attached hydrogens (tertiary/aromatic N) is 2. The summed E-state index contributed by atoms with van der Waals surface area (Å²) in [6.45, 7) is 0. The van der Waals surface area contributed by atoms with Gasteiger partial charge in [0, 0.05) is 11.1 Å². The molecule has 1 aromatic heterocycles. The molecule has 0 saturated heterocycles. The number of ether oxygens (including phenoxy) is 1. The van der Waals surface area contributed by atoms with Crippen LogP contribution in [0.5, 0.6) is 5.75 Å². The van der Waals surface area contributed by atoms with E-state index < -0.39 is 0 Å². The largest absolute Gasteiger partial charge is 0.497 e. The topological polar surface area (TPSA) is 44.1 Å². The number of benzene rings is 3. The average molecular weight is 354 g/mol. The first kappa shape index (κ1) is 16.8. The number of hydrogen-bond acceptors (Lipinski definition) is 3. The van der Waals surface area contributed by atoms with E-state index in [0.717, 1.165) is 40.1 Å². The molecule has 4 rings (SSSR count). The van der Waals surface area contributed by atoms with Crippen LogP contribution in [0, 0.1) is 0 Å². The number of aromatic nitrogens is 2. The zero-order valence-electron chi connectivity index (χ0n) is 14.9. The van der Waals surface area contributed by atoms with Gasteiger partial charge in [0.05, 0.1) is 12.8 Å². The minimum Gasteiger partial charge on any atom is -0.497 e. The minimum absolute atomic E-state index is 0.526. The molecule has 0 atom stereocenters. The molecule has 4 heteroatoms. The summed E-state index contributed by atoms with van der Waals surface area (Å²) in [7, 11) is 1.64. The molecule has 4 nitrogen and oxygen atoms in total. The van der Waals surface area contributed by atoms with Crippen molar-refractivity contribution in [2.45, 2.75) is 0 Å². The van der Waals surface area contributed by atoms with E-state index in [2.05, 4.69) is 0 Å². The molecule has 0 fully saturated rings. The van der Waals surface area contributed by atoms with Gasteiger partial charge in [0.25, 0.3) is 0 Å². The van der Waals surface area contributed by atoms with Gasteiger partial charge in [-0.15, -0.1) is 0 Å². The molecule has 1 heterocycles. The van der Waals surface area contributed by atoms with Crippen LogP contribution in [0.25, 0.3) is 28.1 Å². The number of para-hydroxylation sites is 1. The van der Waals surface area contributed by atoms with E-state index in [4.69, 9.17) is 9.84 Å². The van der Waals surface area contributed by atoms with Crippen LogP contribution in [-0.4, -0.2) is 23.2 Å². The number of carbonyl (C=O) groups is 1. The van der Waals surface area contributed by atoms with Crippen molar-refractivity contribution in [3.05, 3.63) is 90.6 Å². The van der Waals surface area contributed by atoms with Crippen LogP contribution < -0.4 is 4.74 Å². The molecule has 0 amide bonds. The van der Waals surface area contributed by atoms with E-state index >= 15 is 0 Å². The summed E-state index contributed by atoms with van der Waals surface area (Å²) in [5.41, 5.74) is 4.82. The number of methoxy groups -OCH3 is 1. The standard InChI is InChI=1S/C23H18N2O2/c1-27-20-14-12-18(13-15-20)23-22(17-8-4-2-5-9-17)21(16-26)25(24-23)19-10-6-3-7-11-19/h2-16H,1H3. The van der Waals surface area contributed by atoms with Crippen molar-refractivity contribution in [3.8, 4) is 33.8 Å². The summed E-state index contributed by atoms with van der Waals surface area (Å²) in [4.78, 5) is 12.1. The Bertz CT molecular complexity index is 1050. The molecule has 0 aliphatic rings. The highest BCUT2D eigenvalue weighted by Crippen LogP contribution is 2.35. The van der Waals surface area contributed by atoms with Crippen molar-refractivity contribution in [3.63, 3.8) is 0 Å². The van der Waals surface area contributed by atoms with Crippen molar-refractivity contribution in [2.24, 2.45) is 0 Å². The summed E-state index contributed by atoms with van der Waals surface area (Å²) in [5.74, 6) is 0.776. The predicted molar refractivity (Wildman–Crippen MR) is 106 cm³/mol. The molecule has 0 spiro atoms. The monoisotopic (exact) mass is 354 g/mol. The van der Waals surface area contributed by atoms with Gasteiger partial charge in [-0.25, -0.2) is 4.68 Å². The SMILES string of the molecule is COc1ccc(-c2nn(-c3ccccc3)c(C=O)c2-c2ccccc2)cc1. The van der Waals surface area contributed by atoms with Crippen LogP contribution in [0.3, 0.4) is 0 Å². The lowest BCUT2D eigenvalue weighted by Crippen LogP contribution is -2.01. The van der Waals surface area contributed by atoms with Crippen LogP contribution in [0.2, 0.25) is 0 Å². The lowest BCUT2D eigenvalue weighted by molar-refractivity contribution is 0.111. The molecule has 27 heavy (non-hydrogen) atoms. The van der Waals surface area contributed by atoms with Gasteiger partial charge < -0.3 is 4.74 Å². The maximum Gasteiger partial charge on any atom is 0.169 e. The molecule has 4 aromatic rings. The van der Waals surface area contributed by atoms with E-state index in [9.17, 15) is 4.79 Å². The molecule has 3 aromatic carbocycles. The van der Waals surface area contributed by atoms with Gasteiger partial charge in [-0.3, -0.25) is 4.79 Å². The van der Waals surface area contributed by atoms with Crippen molar-refractivity contribution < 1.29 is 9.53 Å². The maximum absolute atomic E-state index is 12.1. The van der Waals surface area contributed by atoms with E-state index in [1.807, 2.05) is 84.9 Å². The molecular weight excluding hydrogens is 336 g/mol. The Balaban J connectivity index is 1.99. The Morgan fingerprint density at radius 2 is 1.44 bits per heavy atom. The minimum atomic E-state index is 0.526. The van der Waals surface area contributed by atoms with Crippen LogP contribution in [0.4, 0.5) is 0 Å². The third kappa shape index (κ3) is 3.13. The van der Waals surface area contributed by atoms with Crippen molar-refractivity contribution in [2.75, 3.05) is 7.11 Å². The third-order valence-corrected chi connectivity index (χ3v) is 4.46. The number of hydrogen-bond donors (Lipinski definition) is 0. The lowest BCUT2D eigenvalue weighted by Gasteiger charge is -2.05. The quantitative estimate of drug-likeness (QED) is 0.472. The highest BCUT2D eigenvalue weighted by atomic mass is 16.5. The Morgan fingerprint density at radius 3 is 2.04 bits per heavy atom. The summed E-state index contributed by atoms with van der Waals surface area (Å²) in [6, 6.07) is 27.2. The molecule has 0 saturated carbocycles. The second-order valence-electron chi connectivity index (χ2n) is 6.07. The second kappa shape index (κ2) is 7.30. The molecule has 0 aliphatic carbocycles. The average Bonchev–Trinajstić information content (AvgIpc) is 3.14. The number of rotatable bonds is 5. The molecule has 0 bridgehead atoms. The first-order chi connectivity index (χ1) is 13.3. The number of aldehydes is 1. The Labute approximate surface area is 157 Å². The second-order valence-corrected chi connectivity index (χ2v) is 6.07. The van der Waals surface area contributed by atoms with E-state index in [0.29, 0.717) is 5.69 Å². The van der Waals surface area contributed by atoms with Crippen molar-refractivity contribution in [1.29, 1.82) is 0 Å². The van der Waals surface area contributed by atoms with E-state index in [1.54, 1.807) is 11.8 Å². The van der Waals surface area contributed by atoms with Gasteiger partial charge in [0.1, 0.15) is 17.1 Å². The van der Waals surface area contributed by atoms with Gasteiger partial charge in [0.2, 0.25) is 0 Å². The van der Waals surface area contributed by atoms with Crippen LogP contribution in [0.15, 0.2) is 84.9 Å². The van der Waals surface area contributed by atoms with Gasteiger partial charge in [-0.1, -0.05) is 48.5 Å². The first-order valence-corrected chi connectivity index (χ1v) is 8.65. The highest BCUT2D eigenvalue weighted by Gasteiger charge is 2.21. The zero-order chi connectivity index (χ0) is 18.6. The fraction of sp³-hybridized carbons (Fsp3) is 0.0435. The van der Waals surface area contributed by atoms with Crippen LogP contribution in [0.1, 0.15) is 10.5 Å². The number of carbonyl (C=O) groups excluding carboxylic acids is 1. The first-order valence-electron chi connectivity index (χ1n) is 8.65. The molecular formula is C23H18N2O2. The lowest BCUT2D eigenvalue weighted by atomic mass is 9.99. The van der Waals surface area contributed by atoms with Gasteiger partial charge in [0.15, 0.2) is 6.29 Å². The summed E-state index contributed by atoms with van der Waals surface area (Å²) in [6.07, 6.45) is 0.870. The molecule has 132 valence electrons. The zero-order valence-corrected chi connectivity index (χ0v) is 14.9. The fourth-order valence-corrected chi connectivity index (χ4v) is 3.15. The predicted octanol–water partition coefficient (Wildman–Crippen LogP) is 5.03. The third-order valence-electron chi connectivity index (χ3n) is 4.46. The Kier molecular flexibility index (Phi) is 4.54. The summed E-state index contributed by atoms with van der Waals surface area (Å²) in [5, 5.41) is 4.80. The molecule has 0 aliphatic heterocycles. The highest BCUT2D eigenvalue weighted by molar-refractivity contribution is 5.94. The Hall–Kier alpha value is -3.66. The molecule has 0 unspecified atom stereocenters. The van der Waals surface area contributed by atoms with Crippen LogP contribution >= 0.6 is 0 Å². The summed E-state index contributed by atoms with van der Waals surface area (Å²) < 4.78 is 6.96. The summed E-state index contributed by atoms with van der Waals surface area (Å²) >= 11 is 0. The van der Waals surface area contributed by atoms with Crippen molar-refractivity contribution in [1.82, 2.24) is 9.78 Å². The van der Waals surface area contributed by atoms with Gasteiger partial charge in [-0.05, 0) is 42.0 Å². The van der Waals surface area contributed by atoms with E-state index in [1.165, 1.54) is 0 Å². The van der Waals surface area contributed by atoms with Crippen molar-refractivity contribution >= 4 is 6.29 Å². The van der Waals surface area contributed by atoms with Crippen LogP contribution in [-0.2, 0) is 0 Å². The molecule has 0 radical (unpaired) electrons. The van der Waals surface area contributed by atoms with Gasteiger partial charge >= 0.3 is 0 Å². The Morgan fingerprint density at radius 1 is 0.815 bits per heavy atom. The smallest absolute Gasteiger partial charge is 0.169 e. The van der Waals surface area contributed by atoms with E-state index in [-0.39, 0.29) is 0 Å². The maximum atomic E-state index is 12.1.